The van der Waals surface area contributed by atoms with Gasteiger partial charge in [-0.05, 0) is 80.8 Å². The van der Waals surface area contributed by atoms with E-state index in [9.17, 15) is 33.9 Å². The van der Waals surface area contributed by atoms with Crippen LogP contribution in [0.3, 0.4) is 0 Å². The van der Waals surface area contributed by atoms with Crippen molar-refractivity contribution in [1.29, 1.82) is 0 Å². The van der Waals surface area contributed by atoms with E-state index >= 15 is 0 Å². The van der Waals surface area contributed by atoms with Crippen molar-refractivity contribution in [3.63, 3.8) is 0 Å². The van der Waals surface area contributed by atoms with Gasteiger partial charge in [0.1, 0.15) is 36.9 Å². The zero-order chi connectivity index (χ0) is 63.8. The Kier molecular flexibility index (Phi) is 28.3. The van der Waals surface area contributed by atoms with Gasteiger partial charge in [0, 0.05) is 19.3 Å². The number of hydrogen-bond donors (Lipinski definition) is 4. The molecule has 5 aromatic carbocycles. The average molecular weight is 1200 g/mol. The van der Waals surface area contributed by atoms with Gasteiger partial charge in [-0.2, -0.15) is 0 Å². The summed E-state index contributed by atoms with van der Waals surface area (Å²) in [4.78, 5) is 75.1. The first-order valence-corrected chi connectivity index (χ1v) is 33.6. The highest BCUT2D eigenvalue weighted by Gasteiger charge is 2.56. The van der Waals surface area contributed by atoms with Gasteiger partial charge in [0.05, 0.1) is 0 Å². The Bertz CT molecular complexity index is 2800. The SMILES string of the molecule is CC(C)(C)OC(=O)N[C@@H](Cc1ccccc1)C(=O)OCc1ccccc1.CC(C)[Si](OC(=O)N[C@@H](Cc1ccccc1)C(=O)O)(C(C)C)C(C)(C)C.CC(C)[Si](OC(=O)N[C@@H](Cc1ccccc1)C(=O)OCc1ccccc1)(C(C)C)C(C)(C)C. The number of rotatable bonds is 22. The van der Waals surface area contributed by atoms with E-state index in [2.05, 4.69) is 113 Å². The fourth-order valence-corrected chi connectivity index (χ4v) is 23.4. The van der Waals surface area contributed by atoms with E-state index < -0.39 is 76.5 Å². The molecule has 3 atom stereocenters. The molecular formula is C68H97N3O12Si2. The molecule has 0 spiro atoms. The van der Waals surface area contributed by atoms with Gasteiger partial charge in [-0.15, -0.1) is 0 Å². The molecule has 0 aliphatic carbocycles. The van der Waals surface area contributed by atoms with Crippen molar-refractivity contribution in [3.05, 3.63) is 179 Å². The van der Waals surface area contributed by atoms with E-state index in [1.807, 2.05) is 152 Å². The number of carbonyl (C=O) groups is 6. The van der Waals surface area contributed by atoms with Crippen LogP contribution >= 0.6 is 0 Å². The summed E-state index contributed by atoms with van der Waals surface area (Å²) in [6.45, 7) is 35.2. The number of amides is 3. The molecule has 0 unspecified atom stereocenters. The molecule has 0 aromatic heterocycles. The predicted molar refractivity (Wildman–Crippen MR) is 342 cm³/mol. The Morgan fingerprint density at radius 1 is 0.388 bits per heavy atom. The van der Waals surface area contributed by atoms with Gasteiger partial charge in [-0.25, -0.2) is 28.8 Å². The quantitative estimate of drug-likeness (QED) is 0.0290. The van der Waals surface area contributed by atoms with E-state index in [4.69, 9.17) is 23.1 Å². The lowest BCUT2D eigenvalue weighted by atomic mass is 10.1. The van der Waals surface area contributed by atoms with E-state index in [0.717, 1.165) is 27.8 Å². The number of carboxylic acids is 1. The molecule has 0 heterocycles. The van der Waals surface area contributed by atoms with Crippen LogP contribution in [-0.2, 0) is 69.9 Å². The van der Waals surface area contributed by atoms with Crippen LogP contribution in [0.25, 0.3) is 0 Å². The molecule has 0 radical (unpaired) electrons. The van der Waals surface area contributed by atoms with Crippen LogP contribution in [-0.4, -0.2) is 81.7 Å². The van der Waals surface area contributed by atoms with E-state index in [0.29, 0.717) is 12.8 Å². The Morgan fingerprint density at radius 3 is 0.882 bits per heavy atom. The molecule has 464 valence electrons. The van der Waals surface area contributed by atoms with Crippen molar-refractivity contribution in [2.24, 2.45) is 0 Å². The number of esters is 2. The third kappa shape index (κ3) is 23.3. The highest BCUT2D eigenvalue weighted by molar-refractivity contribution is 6.80. The van der Waals surface area contributed by atoms with Crippen molar-refractivity contribution >= 4 is 52.8 Å². The van der Waals surface area contributed by atoms with Gasteiger partial charge in [0.25, 0.3) is 16.6 Å². The summed E-state index contributed by atoms with van der Waals surface area (Å²) < 4.78 is 28.6. The van der Waals surface area contributed by atoms with Crippen LogP contribution in [0.2, 0.25) is 32.2 Å². The smallest absolute Gasteiger partial charge is 0.408 e. The van der Waals surface area contributed by atoms with Crippen LogP contribution in [0.1, 0.15) is 146 Å². The fourth-order valence-electron chi connectivity index (χ4n) is 11.5. The van der Waals surface area contributed by atoms with Gasteiger partial charge in [0.2, 0.25) is 0 Å². The molecule has 0 saturated heterocycles. The number of carboxylic acid groups (broad SMARTS) is 1. The topological polar surface area (TPSA) is 205 Å². The fraction of sp³-hybridized carbons (Fsp3) is 0.471. The minimum absolute atomic E-state index is 0.153. The second-order valence-electron chi connectivity index (χ2n) is 25.7. The monoisotopic (exact) mass is 1200 g/mol. The van der Waals surface area contributed by atoms with Gasteiger partial charge in [-0.3, -0.25) is 0 Å². The van der Waals surface area contributed by atoms with Gasteiger partial charge >= 0.3 is 36.2 Å². The maximum atomic E-state index is 13.2. The van der Waals surface area contributed by atoms with Gasteiger partial charge < -0.3 is 44.1 Å². The molecular weight excluding hydrogens is 1110 g/mol. The van der Waals surface area contributed by atoms with Crippen LogP contribution in [0.4, 0.5) is 14.4 Å². The summed E-state index contributed by atoms with van der Waals surface area (Å²) in [6.07, 6.45) is -0.937. The van der Waals surface area contributed by atoms with Crippen LogP contribution in [0.15, 0.2) is 152 Å². The molecule has 17 heteroatoms. The standard InChI is InChI=1S/C27H39NO4Si.C21H25NO4.C20H33NO4Si/c1-20(2)33(21(3)4,27(5,6)7)32-26(30)28-24(18-22-14-10-8-11-15-22)25(29)31-19-23-16-12-9-13-17-23;1-21(2,3)26-20(24)22-18(14-16-10-6-4-7-11-16)19(23)25-15-17-12-8-5-9-13-17;1-14(2)26(15(3)4,20(5,6)7)25-19(24)21-17(18(22)23)13-16-11-9-8-10-12-16/h8-17,20-21,24H,18-19H2,1-7H3,(H,28,30);4-13,18H,14-15H2,1-3H3,(H,22,24);8-12,14-15,17H,13H2,1-7H3,(H,21,24)(H,22,23)/t24-;18-;17-/m000/s1. The van der Waals surface area contributed by atoms with Crippen molar-refractivity contribution in [2.45, 2.75) is 206 Å². The predicted octanol–water partition coefficient (Wildman–Crippen LogP) is 15.5. The van der Waals surface area contributed by atoms with Crippen LogP contribution in [0, 0.1) is 0 Å². The Balaban J connectivity index is 0.000000338. The van der Waals surface area contributed by atoms with Crippen molar-refractivity contribution in [3.8, 4) is 0 Å². The molecule has 4 N–H and O–H groups in total. The first-order chi connectivity index (χ1) is 39.7. The highest BCUT2D eigenvalue weighted by Crippen LogP contribution is 2.52. The first-order valence-electron chi connectivity index (χ1n) is 29.5. The molecule has 0 fully saturated rings. The number of benzene rings is 5. The second kappa shape index (κ2) is 33.4. The molecule has 0 bridgehead atoms. The number of hydrogen-bond acceptors (Lipinski definition) is 11. The van der Waals surface area contributed by atoms with Crippen LogP contribution in [0.5, 0.6) is 0 Å². The zero-order valence-electron chi connectivity index (χ0n) is 53.4. The molecule has 15 nitrogen and oxygen atoms in total. The van der Waals surface area contributed by atoms with Crippen LogP contribution < -0.4 is 16.0 Å². The highest BCUT2D eigenvalue weighted by atomic mass is 28.4. The minimum atomic E-state index is -2.54. The summed E-state index contributed by atoms with van der Waals surface area (Å²) in [6, 6.07) is 44.6. The average Bonchev–Trinajstić information content (AvgIpc) is 3.45. The largest absolute Gasteiger partial charge is 0.502 e. The summed E-state index contributed by atoms with van der Waals surface area (Å²) in [5, 5.41) is 17.2. The second-order valence-corrected chi connectivity index (χ2v) is 36.9. The molecule has 0 saturated carbocycles. The normalized spacial score (nSPS) is 12.9. The number of alkyl carbamates (subject to hydrolysis) is 1. The molecule has 0 aliphatic heterocycles. The lowest BCUT2D eigenvalue weighted by Crippen LogP contribution is -2.56. The third-order valence-electron chi connectivity index (χ3n) is 14.7. The Hall–Kier alpha value is -7.25. The van der Waals surface area contributed by atoms with Gasteiger partial charge in [0.15, 0.2) is 0 Å². The van der Waals surface area contributed by atoms with Crippen molar-refractivity contribution < 1.29 is 56.9 Å². The number of aliphatic carboxylic acids is 1. The molecule has 85 heavy (non-hydrogen) atoms. The third-order valence-corrected chi connectivity index (χ3v) is 27.3. The Morgan fingerprint density at radius 2 is 0.635 bits per heavy atom. The molecule has 0 aliphatic rings. The number of nitrogens with one attached hydrogen (secondary N) is 3. The summed E-state index contributed by atoms with van der Waals surface area (Å²) in [5.74, 6) is -2.04. The lowest BCUT2D eigenvalue weighted by Gasteiger charge is -2.47. The molecule has 3 amide bonds. The van der Waals surface area contributed by atoms with Crippen molar-refractivity contribution in [1.82, 2.24) is 16.0 Å². The lowest BCUT2D eigenvalue weighted by molar-refractivity contribution is -0.148. The first kappa shape index (κ1) is 72.0. The zero-order valence-corrected chi connectivity index (χ0v) is 55.4. The minimum Gasteiger partial charge on any atom is -0.502 e. The summed E-state index contributed by atoms with van der Waals surface area (Å²) in [7, 11) is -5.06. The number of ether oxygens (including phenoxy) is 3. The maximum absolute atomic E-state index is 13.2. The maximum Gasteiger partial charge on any atom is 0.408 e. The van der Waals surface area contributed by atoms with Gasteiger partial charge in [-0.1, -0.05) is 249 Å². The number of carbonyl (C=O) groups excluding carboxylic acids is 5. The molecule has 5 aromatic rings. The molecule has 5 rings (SSSR count). The summed E-state index contributed by atoms with van der Waals surface area (Å²) in [5.41, 5.74) is 4.72. The summed E-state index contributed by atoms with van der Waals surface area (Å²) >= 11 is 0. The Labute approximate surface area is 509 Å². The van der Waals surface area contributed by atoms with Crippen molar-refractivity contribution in [2.75, 3.05) is 0 Å². The van der Waals surface area contributed by atoms with E-state index in [-0.39, 0.29) is 51.9 Å². The van der Waals surface area contributed by atoms with E-state index in [1.54, 1.807) is 20.8 Å². The van der Waals surface area contributed by atoms with E-state index in [1.165, 1.54) is 0 Å².